The Morgan fingerprint density at radius 1 is 1.30 bits per heavy atom. The van der Waals surface area contributed by atoms with Crippen LogP contribution in [0, 0.1) is 6.92 Å². The van der Waals surface area contributed by atoms with Crippen molar-refractivity contribution in [2.45, 2.75) is 32.9 Å². The van der Waals surface area contributed by atoms with E-state index in [0.29, 0.717) is 13.1 Å². The van der Waals surface area contributed by atoms with Crippen LogP contribution in [-0.2, 0) is 11.3 Å². The van der Waals surface area contributed by atoms with Gasteiger partial charge in [0.2, 0.25) is 0 Å². The summed E-state index contributed by atoms with van der Waals surface area (Å²) in [5.41, 5.74) is 2.32. The van der Waals surface area contributed by atoms with Gasteiger partial charge in [-0.2, -0.15) is 0 Å². The lowest BCUT2D eigenvalue weighted by Crippen LogP contribution is -2.56. The Morgan fingerprint density at radius 3 is 2.61 bits per heavy atom. The van der Waals surface area contributed by atoms with Crippen molar-refractivity contribution in [2.75, 3.05) is 39.9 Å². The number of ether oxygens (including phenoxy) is 1. The van der Waals surface area contributed by atoms with Gasteiger partial charge in [0.15, 0.2) is 0 Å². The van der Waals surface area contributed by atoms with E-state index >= 15 is 0 Å². The second-order valence-electron chi connectivity index (χ2n) is 6.85. The minimum Gasteiger partial charge on any atom is -0.379 e. The molecule has 1 aliphatic heterocycles. The molecule has 1 aliphatic rings. The third kappa shape index (κ3) is 4.94. The highest BCUT2D eigenvalue weighted by molar-refractivity contribution is 5.74. The number of amides is 2. The van der Waals surface area contributed by atoms with Crippen molar-refractivity contribution in [1.29, 1.82) is 0 Å². The molecule has 0 bridgehead atoms. The Morgan fingerprint density at radius 2 is 1.96 bits per heavy atom. The molecule has 2 amide bonds. The van der Waals surface area contributed by atoms with Gasteiger partial charge in [0.1, 0.15) is 0 Å². The fraction of sp³-hybridized carbons (Fsp3) is 0.611. The Hall–Kier alpha value is -1.59. The van der Waals surface area contributed by atoms with Gasteiger partial charge in [-0.15, -0.1) is 0 Å². The van der Waals surface area contributed by atoms with Gasteiger partial charge in [-0.1, -0.05) is 24.3 Å². The first-order chi connectivity index (χ1) is 10.9. The van der Waals surface area contributed by atoms with Crippen LogP contribution < -0.4 is 5.32 Å². The van der Waals surface area contributed by atoms with E-state index in [1.165, 1.54) is 11.1 Å². The largest absolute Gasteiger partial charge is 0.379 e. The highest BCUT2D eigenvalue weighted by Gasteiger charge is 2.28. The van der Waals surface area contributed by atoms with Crippen molar-refractivity contribution < 1.29 is 9.53 Å². The average molecular weight is 319 g/mol. The van der Waals surface area contributed by atoms with Crippen LogP contribution in [0.25, 0.3) is 0 Å². The fourth-order valence-corrected chi connectivity index (χ4v) is 2.82. The lowest BCUT2D eigenvalue weighted by molar-refractivity contribution is -0.00900. The molecule has 5 nitrogen and oxygen atoms in total. The summed E-state index contributed by atoms with van der Waals surface area (Å²) in [5, 5.41) is 3.06. The summed E-state index contributed by atoms with van der Waals surface area (Å²) < 4.78 is 5.40. The molecule has 0 aromatic heterocycles. The van der Waals surface area contributed by atoms with E-state index < -0.39 is 0 Å². The van der Waals surface area contributed by atoms with Crippen LogP contribution in [0.3, 0.4) is 0 Å². The van der Waals surface area contributed by atoms with E-state index in [2.05, 4.69) is 43.1 Å². The maximum atomic E-state index is 12.4. The Labute approximate surface area is 139 Å². The topological polar surface area (TPSA) is 44.8 Å². The van der Waals surface area contributed by atoms with Crippen molar-refractivity contribution in [3.8, 4) is 0 Å². The summed E-state index contributed by atoms with van der Waals surface area (Å²) in [7, 11) is 1.84. The number of carbonyl (C=O) groups is 1. The lowest BCUT2D eigenvalue weighted by Gasteiger charge is -2.41. The molecule has 5 heteroatoms. The summed E-state index contributed by atoms with van der Waals surface area (Å²) in [6, 6.07) is 8.13. The predicted octanol–water partition coefficient (Wildman–Crippen LogP) is 2.25. The van der Waals surface area contributed by atoms with E-state index in [4.69, 9.17) is 4.74 Å². The Balaban J connectivity index is 1.84. The van der Waals surface area contributed by atoms with Gasteiger partial charge in [-0.3, -0.25) is 4.90 Å². The number of nitrogens with one attached hydrogen (secondary N) is 1. The van der Waals surface area contributed by atoms with Crippen LogP contribution in [-0.4, -0.2) is 61.3 Å². The fourth-order valence-electron chi connectivity index (χ4n) is 2.82. The summed E-state index contributed by atoms with van der Waals surface area (Å²) in [6.07, 6.45) is 0. The molecule has 0 unspecified atom stereocenters. The van der Waals surface area contributed by atoms with Crippen molar-refractivity contribution in [2.24, 2.45) is 0 Å². The van der Waals surface area contributed by atoms with Crippen molar-refractivity contribution >= 4 is 6.03 Å². The molecule has 23 heavy (non-hydrogen) atoms. The number of morpholine rings is 1. The number of rotatable bonds is 5. The number of nitrogens with zero attached hydrogens (tertiary/aromatic N) is 2. The van der Waals surface area contributed by atoms with E-state index in [1.54, 1.807) is 4.90 Å². The minimum atomic E-state index is -0.0665. The zero-order chi connectivity index (χ0) is 16.9. The molecular formula is C18H29N3O2. The minimum absolute atomic E-state index is 0.0328. The smallest absolute Gasteiger partial charge is 0.317 e. The maximum absolute atomic E-state index is 12.4. The normalized spacial score (nSPS) is 16.2. The maximum Gasteiger partial charge on any atom is 0.317 e. The van der Waals surface area contributed by atoms with E-state index in [0.717, 1.165) is 26.3 Å². The van der Waals surface area contributed by atoms with Gasteiger partial charge < -0.3 is 15.0 Å². The van der Waals surface area contributed by atoms with E-state index in [9.17, 15) is 4.79 Å². The second-order valence-corrected chi connectivity index (χ2v) is 6.85. The number of hydrogen-bond donors (Lipinski definition) is 1. The molecule has 0 atom stereocenters. The zero-order valence-electron chi connectivity index (χ0n) is 14.8. The van der Waals surface area contributed by atoms with Crippen LogP contribution in [0.4, 0.5) is 4.79 Å². The summed E-state index contributed by atoms with van der Waals surface area (Å²) in [6.45, 7) is 11.0. The molecule has 1 N–H and O–H groups in total. The summed E-state index contributed by atoms with van der Waals surface area (Å²) in [4.78, 5) is 16.5. The summed E-state index contributed by atoms with van der Waals surface area (Å²) in [5.74, 6) is 0. The monoisotopic (exact) mass is 319 g/mol. The Kier molecular flexibility index (Phi) is 6.02. The van der Waals surface area contributed by atoms with Gasteiger partial charge in [-0.25, -0.2) is 4.79 Å². The highest BCUT2D eigenvalue weighted by Crippen LogP contribution is 2.15. The zero-order valence-corrected chi connectivity index (χ0v) is 14.8. The third-order valence-electron chi connectivity index (χ3n) is 4.55. The first kappa shape index (κ1) is 17.8. The molecule has 128 valence electrons. The number of carbonyl (C=O) groups excluding carboxylic acids is 1. The van der Waals surface area contributed by atoms with Crippen LogP contribution in [0.15, 0.2) is 24.3 Å². The molecule has 0 spiro atoms. The lowest BCUT2D eigenvalue weighted by atomic mass is 10.0. The number of urea groups is 1. The van der Waals surface area contributed by atoms with Gasteiger partial charge in [0.05, 0.1) is 13.2 Å². The molecular weight excluding hydrogens is 290 g/mol. The second kappa shape index (κ2) is 7.79. The molecule has 1 heterocycles. The quantitative estimate of drug-likeness (QED) is 0.905. The molecule has 1 saturated heterocycles. The van der Waals surface area contributed by atoms with Crippen molar-refractivity contribution in [3.63, 3.8) is 0 Å². The van der Waals surface area contributed by atoms with Gasteiger partial charge in [-0.05, 0) is 31.9 Å². The van der Waals surface area contributed by atoms with E-state index in [-0.39, 0.29) is 11.6 Å². The number of aryl methyl sites for hydroxylation is 1. The molecule has 1 aromatic rings. The van der Waals surface area contributed by atoms with Gasteiger partial charge in [0.25, 0.3) is 0 Å². The van der Waals surface area contributed by atoms with Gasteiger partial charge >= 0.3 is 6.03 Å². The van der Waals surface area contributed by atoms with Crippen LogP contribution >= 0.6 is 0 Å². The Bertz CT molecular complexity index is 525. The van der Waals surface area contributed by atoms with Crippen molar-refractivity contribution in [1.82, 2.24) is 15.1 Å². The SMILES string of the molecule is Cc1ccccc1CN(C)C(=O)NCC(C)(C)N1CCOCC1. The van der Waals surface area contributed by atoms with Crippen molar-refractivity contribution in [3.05, 3.63) is 35.4 Å². The standard InChI is InChI=1S/C18H29N3O2/c1-15-7-5-6-8-16(15)13-20(4)17(22)19-14-18(2,3)21-9-11-23-12-10-21/h5-8H,9-14H2,1-4H3,(H,19,22). The van der Waals surface area contributed by atoms with E-state index in [1.807, 2.05) is 19.2 Å². The third-order valence-corrected chi connectivity index (χ3v) is 4.55. The van der Waals surface area contributed by atoms with Crippen LogP contribution in [0.5, 0.6) is 0 Å². The number of hydrogen-bond acceptors (Lipinski definition) is 3. The molecule has 0 radical (unpaired) electrons. The first-order valence-corrected chi connectivity index (χ1v) is 8.26. The molecule has 2 rings (SSSR count). The molecule has 1 aromatic carbocycles. The van der Waals surface area contributed by atoms with Crippen LogP contribution in [0.2, 0.25) is 0 Å². The summed E-state index contributed by atoms with van der Waals surface area (Å²) >= 11 is 0. The first-order valence-electron chi connectivity index (χ1n) is 8.26. The average Bonchev–Trinajstić information content (AvgIpc) is 2.55. The van der Waals surface area contributed by atoms with Crippen LogP contribution in [0.1, 0.15) is 25.0 Å². The predicted molar refractivity (Wildman–Crippen MR) is 92.5 cm³/mol. The molecule has 0 saturated carbocycles. The molecule has 1 fully saturated rings. The number of benzene rings is 1. The highest BCUT2D eigenvalue weighted by atomic mass is 16.5. The molecule has 0 aliphatic carbocycles. The van der Waals surface area contributed by atoms with Gasteiger partial charge in [0, 0.05) is 38.8 Å².